The second-order valence-corrected chi connectivity index (χ2v) is 8.09. The molecule has 2 aromatic heterocycles. The maximum absolute atomic E-state index is 13.0. The molecule has 0 radical (unpaired) electrons. The maximum atomic E-state index is 13.0. The molecule has 1 aliphatic heterocycles. The van der Waals surface area contributed by atoms with Gasteiger partial charge in [0.05, 0.1) is 30.1 Å². The minimum absolute atomic E-state index is 0.197. The lowest BCUT2D eigenvalue weighted by Gasteiger charge is -2.26. The van der Waals surface area contributed by atoms with Gasteiger partial charge >= 0.3 is 6.18 Å². The zero-order valence-electron chi connectivity index (χ0n) is 16.5. The van der Waals surface area contributed by atoms with E-state index in [0.717, 1.165) is 34.7 Å². The Kier molecular flexibility index (Phi) is 4.56. The largest absolute Gasteiger partial charge is 0.416 e. The number of pyridine rings is 1. The summed E-state index contributed by atoms with van der Waals surface area (Å²) in [6.45, 7) is 7.56. The second-order valence-electron chi connectivity index (χ2n) is 8.09. The van der Waals surface area contributed by atoms with E-state index in [0.29, 0.717) is 24.3 Å². The van der Waals surface area contributed by atoms with Gasteiger partial charge in [0.2, 0.25) is 0 Å². The summed E-state index contributed by atoms with van der Waals surface area (Å²) in [5.74, 6) is 0. The first kappa shape index (κ1) is 19.4. The maximum Gasteiger partial charge on any atom is 0.416 e. The van der Waals surface area contributed by atoms with Crippen LogP contribution in [0, 0.1) is 5.41 Å². The third-order valence-electron chi connectivity index (χ3n) is 4.92. The molecule has 1 aromatic carbocycles. The average molecular weight is 398 g/mol. The van der Waals surface area contributed by atoms with E-state index in [4.69, 9.17) is 10.1 Å². The van der Waals surface area contributed by atoms with E-state index in [1.807, 2.05) is 16.8 Å². The molecule has 29 heavy (non-hydrogen) atoms. The van der Waals surface area contributed by atoms with Crippen LogP contribution in [0.1, 0.15) is 32.0 Å². The second kappa shape index (κ2) is 6.83. The van der Waals surface area contributed by atoms with Gasteiger partial charge in [-0.2, -0.15) is 18.3 Å². The molecule has 4 rings (SSSR count). The molecule has 0 aliphatic carbocycles. The molecule has 0 unspecified atom stereocenters. The molecule has 0 saturated heterocycles. The summed E-state index contributed by atoms with van der Waals surface area (Å²) in [7, 11) is 0. The average Bonchev–Trinajstić information content (AvgIpc) is 3.07. The van der Waals surface area contributed by atoms with Gasteiger partial charge in [-0.1, -0.05) is 32.9 Å². The predicted octanol–water partition coefficient (Wildman–Crippen LogP) is 5.48. The van der Waals surface area contributed by atoms with Crippen LogP contribution in [0.15, 0.2) is 53.8 Å². The Morgan fingerprint density at radius 3 is 2.14 bits per heavy atom. The van der Waals surface area contributed by atoms with E-state index in [1.54, 1.807) is 12.4 Å². The molecule has 1 aliphatic rings. The molecule has 3 heterocycles. The molecule has 0 amide bonds. The number of aliphatic imine (C=N–C) groups is 1. The molecular formula is C22H21F3N4. The zero-order chi connectivity index (χ0) is 20.8. The van der Waals surface area contributed by atoms with Gasteiger partial charge < -0.3 is 0 Å². The standard InChI is InChI=1S/C22H21F3N4/c1-21(2,3)20-19-17(14-8-10-26-11-9-14)18(28-29(19)13-12-27-20)15-4-6-16(7-5-15)22(23,24)25/h4-11H,12-13H2,1-3H3. The van der Waals surface area contributed by atoms with Crippen LogP contribution in [0.25, 0.3) is 22.4 Å². The quantitative estimate of drug-likeness (QED) is 0.574. The number of alkyl halides is 3. The van der Waals surface area contributed by atoms with Crippen molar-refractivity contribution in [1.29, 1.82) is 0 Å². The molecule has 0 saturated carbocycles. The van der Waals surface area contributed by atoms with E-state index in [1.165, 1.54) is 12.1 Å². The fourth-order valence-electron chi connectivity index (χ4n) is 3.60. The molecule has 150 valence electrons. The van der Waals surface area contributed by atoms with Crippen LogP contribution in [-0.2, 0) is 12.7 Å². The molecule has 0 N–H and O–H groups in total. The first-order valence-corrected chi connectivity index (χ1v) is 9.40. The first-order chi connectivity index (χ1) is 13.7. The normalized spacial score (nSPS) is 14.5. The Morgan fingerprint density at radius 2 is 1.55 bits per heavy atom. The van der Waals surface area contributed by atoms with Crippen LogP contribution in [0.3, 0.4) is 0 Å². The van der Waals surface area contributed by atoms with Gasteiger partial charge in [-0.25, -0.2) is 0 Å². The van der Waals surface area contributed by atoms with Gasteiger partial charge in [0.25, 0.3) is 0 Å². The van der Waals surface area contributed by atoms with E-state index in [9.17, 15) is 13.2 Å². The number of hydrogen-bond acceptors (Lipinski definition) is 3. The number of halogens is 3. The van der Waals surface area contributed by atoms with E-state index in [2.05, 4.69) is 25.8 Å². The van der Waals surface area contributed by atoms with Crippen LogP contribution < -0.4 is 0 Å². The Balaban J connectivity index is 1.95. The summed E-state index contributed by atoms with van der Waals surface area (Å²) in [5, 5.41) is 4.79. The van der Waals surface area contributed by atoms with E-state index >= 15 is 0 Å². The lowest BCUT2D eigenvalue weighted by Crippen LogP contribution is -2.29. The van der Waals surface area contributed by atoms with Crippen molar-refractivity contribution in [3.63, 3.8) is 0 Å². The third kappa shape index (κ3) is 3.57. The van der Waals surface area contributed by atoms with Crippen LogP contribution in [-0.4, -0.2) is 27.0 Å². The van der Waals surface area contributed by atoms with Crippen LogP contribution >= 0.6 is 0 Å². The van der Waals surface area contributed by atoms with Crippen molar-refractivity contribution in [1.82, 2.24) is 14.8 Å². The van der Waals surface area contributed by atoms with Crippen molar-refractivity contribution in [3.05, 3.63) is 60.0 Å². The number of benzene rings is 1. The van der Waals surface area contributed by atoms with Gasteiger partial charge in [0.1, 0.15) is 5.69 Å². The number of fused-ring (bicyclic) bond motifs is 1. The van der Waals surface area contributed by atoms with Crippen LogP contribution in [0.2, 0.25) is 0 Å². The van der Waals surface area contributed by atoms with Gasteiger partial charge in [-0.15, -0.1) is 0 Å². The molecular weight excluding hydrogens is 377 g/mol. The molecule has 0 spiro atoms. The van der Waals surface area contributed by atoms with E-state index in [-0.39, 0.29) is 5.41 Å². The van der Waals surface area contributed by atoms with Gasteiger partial charge in [0, 0.05) is 28.9 Å². The number of nitrogens with zero attached hydrogens (tertiary/aromatic N) is 4. The Hall–Kier alpha value is -2.96. The highest BCUT2D eigenvalue weighted by Crippen LogP contribution is 2.39. The summed E-state index contributed by atoms with van der Waals surface area (Å²) in [4.78, 5) is 8.87. The van der Waals surface area contributed by atoms with Crippen molar-refractivity contribution in [3.8, 4) is 22.4 Å². The zero-order valence-corrected chi connectivity index (χ0v) is 16.5. The monoisotopic (exact) mass is 398 g/mol. The smallest absolute Gasteiger partial charge is 0.285 e. The Bertz CT molecular complexity index is 1060. The minimum Gasteiger partial charge on any atom is -0.285 e. The summed E-state index contributed by atoms with van der Waals surface area (Å²) in [5.41, 5.74) is 4.07. The van der Waals surface area contributed by atoms with Gasteiger partial charge in [-0.3, -0.25) is 14.7 Å². The third-order valence-corrected chi connectivity index (χ3v) is 4.92. The van der Waals surface area contributed by atoms with Crippen molar-refractivity contribution >= 4 is 5.71 Å². The van der Waals surface area contributed by atoms with Crippen molar-refractivity contribution < 1.29 is 13.2 Å². The minimum atomic E-state index is -4.37. The predicted molar refractivity (Wildman–Crippen MR) is 107 cm³/mol. The summed E-state index contributed by atoms with van der Waals surface area (Å²) >= 11 is 0. The first-order valence-electron chi connectivity index (χ1n) is 9.40. The highest BCUT2D eigenvalue weighted by atomic mass is 19.4. The number of rotatable bonds is 2. The number of hydrogen-bond donors (Lipinski definition) is 0. The van der Waals surface area contributed by atoms with Crippen molar-refractivity contribution in [2.45, 2.75) is 33.5 Å². The Labute approximate surface area is 167 Å². The van der Waals surface area contributed by atoms with E-state index < -0.39 is 11.7 Å². The molecule has 0 atom stereocenters. The molecule has 3 aromatic rings. The fourth-order valence-corrected chi connectivity index (χ4v) is 3.60. The summed E-state index contributed by atoms with van der Waals surface area (Å²) < 4.78 is 40.9. The highest BCUT2D eigenvalue weighted by Gasteiger charge is 2.33. The fraction of sp³-hybridized carbons (Fsp3) is 0.318. The highest BCUT2D eigenvalue weighted by molar-refractivity contribution is 6.10. The molecule has 4 nitrogen and oxygen atoms in total. The van der Waals surface area contributed by atoms with Gasteiger partial charge in [0.15, 0.2) is 0 Å². The lowest BCUT2D eigenvalue weighted by atomic mass is 9.84. The Morgan fingerprint density at radius 1 is 0.897 bits per heavy atom. The summed E-state index contributed by atoms with van der Waals surface area (Å²) in [6.07, 6.45) is -0.967. The van der Waals surface area contributed by atoms with Gasteiger partial charge in [-0.05, 0) is 29.8 Å². The molecule has 7 heteroatoms. The van der Waals surface area contributed by atoms with Crippen molar-refractivity contribution in [2.24, 2.45) is 10.4 Å². The SMILES string of the molecule is CC(C)(C)C1=NCCn2nc(-c3ccc(C(F)(F)F)cc3)c(-c3ccncc3)c21. The topological polar surface area (TPSA) is 43.1 Å². The van der Waals surface area contributed by atoms with Crippen LogP contribution in [0.4, 0.5) is 13.2 Å². The lowest BCUT2D eigenvalue weighted by molar-refractivity contribution is -0.137. The number of aromatic nitrogens is 3. The van der Waals surface area contributed by atoms with Crippen LogP contribution in [0.5, 0.6) is 0 Å². The van der Waals surface area contributed by atoms with Crippen molar-refractivity contribution in [2.75, 3.05) is 6.54 Å². The summed E-state index contributed by atoms with van der Waals surface area (Å²) in [6, 6.07) is 8.94. The molecule has 0 fully saturated rings. The molecule has 0 bridgehead atoms.